The Bertz CT molecular complexity index is 1900. The number of rotatable bonds is 10. The molecule has 2 bridgehead atoms. The summed E-state index contributed by atoms with van der Waals surface area (Å²) in [5.41, 5.74) is 2.58. The van der Waals surface area contributed by atoms with E-state index in [2.05, 4.69) is 49.1 Å². The second-order valence-corrected chi connectivity index (χ2v) is 15.8. The number of allylic oxidation sites excluding steroid dienone is 2. The van der Waals surface area contributed by atoms with Crippen molar-refractivity contribution in [2.75, 3.05) is 19.7 Å². The highest BCUT2D eigenvalue weighted by molar-refractivity contribution is 6.31. The summed E-state index contributed by atoms with van der Waals surface area (Å²) in [6.45, 7) is 4.70. The number of hydrogen-bond acceptors (Lipinski definition) is 6. The number of carbonyl (C=O) groups excluding carboxylic acids is 1. The van der Waals surface area contributed by atoms with Gasteiger partial charge in [-0.3, -0.25) is 9.69 Å². The summed E-state index contributed by atoms with van der Waals surface area (Å²) in [4.78, 5) is 16.3. The van der Waals surface area contributed by atoms with Gasteiger partial charge in [-0.1, -0.05) is 90.8 Å². The van der Waals surface area contributed by atoms with E-state index >= 15 is 0 Å². The molecule has 1 saturated carbocycles. The molecule has 0 spiro atoms. The maximum Gasteiger partial charge on any atom is 0.167 e. The molecule has 276 valence electrons. The number of carbonyl (C=O) groups is 1. The lowest BCUT2D eigenvalue weighted by Gasteiger charge is -2.46. The fraction of sp³-hybridized carbons (Fsp3) is 0.432. The second kappa shape index (κ2) is 16.3. The minimum absolute atomic E-state index is 0.151. The van der Waals surface area contributed by atoms with Crippen molar-refractivity contribution < 1.29 is 29.6 Å². The maximum atomic E-state index is 15.0. The van der Waals surface area contributed by atoms with Crippen molar-refractivity contribution in [3.63, 3.8) is 0 Å². The molecule has 4 aromatic carbocycles. The third kappa shape index (κ3) is 8.20. The van der Waals surface area contributed by atoms with E-state index in [0.717, 1.165) is 33.9 Å². The Hall–Kier alpha value is -3.43. The summed E-state index contributed by atoms with van der Waals surface area (Å²) in [5.74, 6) is -1.01. The molecule has 5 atom stereocenters. The zero-order valence-electron chi connectivity index (χ0n) is 30.2. The summed E-state index contributed by atoms with van der Waals surface area (Å²) in [6.07, 6.45) is 4.54. The van der Waals surface area contributed by atoms with Crippen LogP contribution in [-0.4, -0.2) is 68.6 Å². The van der Waals surface area contributed by atoms with Crippen molar-refractivity contribution in [3.05, 3.63) is 129 Å². The van der Waals surface area contributed by atoms with Crippen LogP contribution in [0.15, 0.2) is 90.5 Å². The molecule has 0 aromatic heterocycles. The molecule has 3 aliphatic carbocycles. The quantitative estimate of drug-likeness (QED) is 0.0978. The molecule has 0 heterocycles. The van der Waals surface area contributed by atoms with E-state index in [4.69, 9.17) is 11.6 Å². The zero-order chi connectivity index (χ0) is 37.0. The van der Waals surface area contributed by atoms with Crippen LogP contribution < -0.4 is 0 Å². The first-order valence-corrected chi connectivity index (χ1v) is 18.9. The van der Waals surface area contributed by atoms with E-state index in [1.165, 1.54) is 17.7 Å². The monoisotopic (exact) mass is 727 g/mol. The Morgan fingerprint density at radius 3 is 2.60 bits per heavy atom. The smallest absolute Gasteiger partial charge is 0.167 e. The number of nitrogens with zero attached hydrogens (tertiary/aromatic N) is 1. The predicted octanol–water partition coefficient (Wildman–Crippen LogP) is 7.95. The van der Waals surface area contributed by atoms with Gasteiger partial charge < -0.3 is 20.4 Å². The highest BCUT2D eigenvalue weighted by Gasteiger charge is 2.57. The van der Waals surface area contributed by atoms with E-state index < -0.39 is 35.6 Å². The van der Waals surface area contributed by atoms with E-state index in [9.17, 15) is 29.6 Å². The Balaban J connectivity index is 1.41. The van der Waals surface area contributed by atoms with Crippen LogP contribution in [0.5, 0.6) is 0 Å². The molecule has 1 fully saturated rings. The highest BCUT2D eigenvalue weighted by Crippen LogP contribution is 2.59. The molecular formula is C44H51ClFNO5. The number of Topliss-reactive ketones (excluding diaryl/α,β-unsaturated/α-hetero) is 1. The summed E-state index contributed by atoms with van der Waals surface area (Å²) in [7, 11) is 0. The van der Waals surface area contributed by atoms with Crippen molar-refractivity contribution >= 4 is 28.2 Å². The molecule has 0 radical (unpaired) electrons. The van der Waals surface area contributed by atoms with Gasteiger partial charge in [0.1, 0.15) is 5.82 Å². The Morgan fingerprint density at radius 1 is 1.04 bits per heavy atom. The average Bonchev–Trinajstić information content (AvgIpc) is 3.37. The first kappa shape index (κ1) is 38.3. The van der Waals surface area contributed by atoms with Gasteiger partial charge in [-0.15, -0.1) is 0 Å². The Morgan fingerprint density at radius 2 is 1.81 bits per heavy atom. The predicted molar refractivity (Wildman–Crippen MR) is 205 cm³/mol. The third-order valence-electron chi connectivity index (χ3n) is 11.8. The minimum atomic E-state index is -1.22. The average molecular weight is 728 g/mol. The molecule has 0 aliphatic heterocycles. The summed E-state index contributed by atoms with van der Waals surface area (Å²) in [6, 6.07) is 24.5. The van der Waals surface area contributed by atoms with Gasteiger partial charge >= 0.3 is 0 Å². The van der Waals surface area contributed by atoms with Gasteiger partial charge in [0, 0.05) is 47.6 Å². The second-order valence-electron chi connectivity index (χ2n) is 15.4. The molecule has 0 amide bonds. The minimum Gasteiger partial charge on any atom is -0.394 e. The topological polar surface area (TPSA) is 101 Å². The van der Waals surface area contributed by atoms with Crippen LogP contribution in [0.4, 0.5) is 4.39 Å². The number of aliphatic hydroxyl groups is 4. The van der Waals surface area contributed by atoms with Crippen molar-refractivity contribution in [3.8, 4) is 0 Å². The van der Waals surface area contributed by atoms with Gasteiger partial charge in [-0.05, 0) is 103 Å². The van der Waals surface area contributed by atoms with Crippen molar-refractivity contribution in [2.24, 2.45) is 5.41 Å². The maximum absolute atomic E-state index is 15.0. The highest BCUT2D eigenvalue weighted by atomic mass is 35.5. The summed E-state index contributed by atoms with van der Waals surface area (Å²) >= 11 is 6.39. The lowest BCUT2D eigenvalue weighted by atomic mass is 9.64. The molecule has 4 N–H and O–H groups in total. The molecule has 52 heavy (non-hydrogen) atoms. The molecule has 8 heteroatoms. The lowest BCUT2D eigenvalue weighted by molar-refractivity contribution is -0.0907. The van der Waals surface area contributed by atoms with Crippen molar-refractivity contribution in [1.29, 1.82) is 0 Å². The lowest BCUT2D eigenvalue weighted by Crippen LogP contribution is -2.53. The number of ketones is 1. The Kier molecular flexibility index (Phi) is 12.0. The largest absolute Gasteiger partial charge is 0.394 e. The summed E-state index contributed by atoms with van der Waals surface area (Å²) in [5, 5.41) is 47.0. The van der Waals surface area contributed by atoms with Gasteiger partial charge in [0.2, 0.25) is 0 Å². The molecule has 7 rings (SSSR count). The third-order valence-corrected chi connectivity index (χ3v) is 12.2. The number of aliphatic hydroxyl groups excluding tert-OH is 3. The molecule has 6 nitrogen and oxygen atoms in total. The zero-order valence-corrected chi connectivity index (χ0v) is 31.0. The van der Waals surface area contributed by atoms with E-state index in [1.54, 1.807) is 6.07 Å². The fourth-order valence-electron chi connectivity index (χ4n) is 8.78. The number of fused-ring (bicyclic) bond motifs is 9. The van der Waals surface area contributed by atoms with Gasteiger partial charge in [0.05, 0.1) is 24.4 Å². The summed E-state index contributed by atoms with van der Waals surface area (Å²) < 4.78 is 15.0. The van der Waals surface area contributed by atoms with E-state index in [0.29, 0.717) is 50.6 Å². The molecule has 4 aromatic rings. The van der Waals surface area contributed by atoms with Gasteiger partial charge in [0.25, 0.3) is 0 Å². The van der Waals surface area contributed by atoms with Gasteiger partial charge in [-0.2, -0.15) is 0 Å². The van der Waals surface area contributed by atoms with Crippen molar-refractivity contribution in [2.45, 2.75) is 95.5 Å². The first-order valence-electron chi connectivity index (χ1n) is 18.5. The molecule has 3 aliphatic rings. The number of benzene rings is 4. The van der Waals surface area contributed by atoms with Crippen LogP contribution in [0.2, 0.25) is 5.02 Å². The van der Waals surface area contributed by atoms with Crippen LogP contribution in [-0.2, 0) is 19.4 Å². The molecule has 0 unspecified atom stereocenters. The number of hydrogen-bond donors (Lipinski definition) is 4. The van der Waals surface area contributed by atoms with Crippen LogP contribution in [0.1, 0.15) is 90.9 Å². The number of halogens is 2. The fourth-order valence-corrected chi connectivity index (χ4v) is 9.01. The van der Waals surface area contributed by atoms with Crippen LogP contribution in [0, 0.1) is 11.2 Å². The Labute approximate surface area is 311 Å². The van der Waals surface area contributed by atoms with E-state index in [-0.39, 0.29) is 41.8 Å². The standard InChI is InChI=1S/C44H51ClFNO5/c1-29-8-7-20-43(2)39(19-21-44(43,52)28-47(26-34(50)27-48)25-32-11-5-10-31-9-3-4-12-35(31)32)36-18-16-30(22-33(49)17-15-29)23-37(36)42(51)24-38-40(45)13-6-14-41(38)46/h3-6,8-14,16,18,23,33-34,39,48-50,52H,7,15,17,19-22,24-28H2,1-2H3/t33-,34-,39-,43-,44+/m0/s1. The van der Waals surface area contributed by atoms with Crippen LogP contribution in [0.25, 0.3) is 10.8 Å². The first-order chi connectivity index (χ1) is 24.9. The van der Waals surface area contributed by atoms with Crippen LogP contribution in [0.3, 0.4) is 0 Å². The van der Waals surface area contributed by atoms with Crippen molar-refractivity contribution in [1.82, 2.24) is 4.90 Å². The van der Waals surface area contributed by atoms with E-state index in [1.807, 2.05) is 36.4 Å². The molecule has 0 saturated heterocycles. The van der Waals surface area contributed by atoms with Gasteiger partial charge in [-0.25, -0.2) is 4.39 Å². The van der Waals surface area contributed by atoms with Gasteiger partial charge in [0.15, 0.2) is 5.78 Å². The van der Waals surface area contributed by atoms with Crippen LogP contribution >= 0.6 is 11.6 Å². The SMILES string of the molecule is CC1=CCC[C@@]2(C)[C@@H](CC[C@@]2(O)CN(Cc2cccc3ccccc23)C[C@H](O)CO)c2ccc(cc2C(=O)Cc2c(F)cccc2Cl)C[C@@H](O)CC1. The normalized spacial score (nSPS) is 24.4. The molecular weight excluding hydrogens is 677 g/mol.